The molecule has 6 bridgehead atoms. The van der Waals surface area contributed by atoms with E-state index in [4.69, 9.17) is 23.2 Å². The van der Waals surface area contributed by atoms with Crippen LogP contribution in [0.4, 0.5) is 5.69 Å². The molecule has 0 radical (unpaired) electrons. The number of hydrogen-bond donors (Lipinski definition) is 0. The van der Waals surface area contributed by atoms with Crippen LogP contribution in [-0.4, -0.2) is 11.8 Å². The van der Waals surface area contributed by atoms with Gasteiger partial charge in [0.1, 0.15) is 0 Å². The van der Waals surface area contributed by atoms with E-state index in [1.54, 1.807) is 23.8 Å². The number of anilines is 1. The average Bonchev–Trinajstić information content (AvgIpc) is 3.30. The van der Waals surface area contributed by atoms with Gasteiger partial charge in [-0.3, -0.25) is 9.59 Å². The van der Waals surface area contributed by atoms with Crippen LogP contribution in [0.15, 0.2) is 41.5 Å². The number of carbonyl (C=O) groups excluding carboxylic acids is 2. The van der Waals surface area contributed by atoms with Crippen molar-refractivity contribution in [3.8, 4) is 0 Å². The van der Waals surface area contributed by atoms with Gasteiger partial charge in [-0.15, -0.1) is 0 Å². The van der Waals surface area contributed by atoms with Gasteiger partial charge >= 0.3 is 0 Å². The smallest absolute Gasteiger partial charge is 0.238 e. The molecule has 30 heavy (non-hydrogen) atoms. The summed E-state index contributed by atoms with van der Waals surface area (Å²) in [6, 6.07) is 4.95. The van der Waals surface area contributed by atoms with Crippen molar-refractivity contribution in [2.75, 3.05) is 4.90 Å². The van der Waals surface area contributed by atoms with E-state index in [2.05, 4.69) is 12.2 Å². The minimum atomic E-state index is -0.259. The highest BCUT2D eigenvalue weighted by atomic mass is 35.5. The van der Waals surface area contributed by atoms with E-state index in [9.17, 15) is 9.59 Å². The van der Waals surface area contributed by atoms with E-state index in [0.717, 1.165) is 11.8 Å². The number of halogens is 2. The van der Waals surface area contributed by atoms with Crippen molar-refractivity contribution in [1.29, 1.82) is 0 Å². The highest BCUT2D eigenvalue weighted by molar-refractivity contribution is 6.35. The van der Waals surface area contributed by atoms with Crippen LogP contribution in [0.5, 0.6) is 0 Å². The zero-order chi connectivity index (χ0) is 20.3. The molecule has 1 aromatic carbocycles. The van der Waals surface area contributed by atoms with E-state index in [0.29, 0.717) is 27.6 Å². The van der Waals surface area contributed by atoms with E-state index >= 15 is 0 Å². The molecule has 154 valence electrons. The minimum absolute atomic E-state index is 0.0814. The zero-order valence-electron chi connectivity index (χ0n) is 16.6. The molecule has 5 saturated carbocycles. The average molecular weight is 440 g/mol. The van der Waals surface area contributed by atoms with Crippen LogP contribution < -0.4 is 4.90 Å². The number of allylic oxidation sites excluding steroid dienone is 4. The van der Waals surface area contributed by atoms with Crippen LogP contribution in [0.2, 0.25) is 10.0 Å². The lowest BCUT2D eigenvalue weighted by Crippen LogP contribution is -2.41. The highest BCUT2D eigenvalue weighted by Gasteiger charge is 2.63. The Morgan fingerprint density at radius 1 is 0.700 bits per heavy atom. The number of nitrogens with zero attached hydrogens (tertiary/aromatic N) is 1. The SMILES string of the molecule is O=C1[C@@H]2[C@@H](C(=O)N1c1cc(Cl)cc(Cl)c1)[C@H]1C=C[C@H]2C1=C1C2CC3CC(C2)CC1C3. The lowest BCUT2D eigenvalue weighted by atomic mass is 9.53. The molecule has 7 aliphatic rings. The molecular weight excluding hydrogens is 417 g/mol. The molecule has 5 heteroatoms. The number of carbonyl (C=O) groups is 2. The van der Waals surface area contributed by atoms with Crippen molar-refractivity contribution < 1.29 is 9.59 Å². The van der Waals surface area contributed by atoms with Crippen molar-refractivity contribution in [2.45, 2.75) is 32.1 Å². The molecule has 2 amide bonds. The lowest BCUT2D eigenvalue weighted by Gasteiger charge is -2.52. The largest absolute Gasteiger partial charge is 0.274 e. The van der Waals surface area contributed by atoms with Gasteiger partial charge in [0.25, 0.3) is 0 Å². The van der Waals surface area contributed by atoms with Crippen LogP contribution in [0.25, 0.3) is 0 Å². The predicted molar refractivity (Wildman–Crippen MR) is 116 cm³/mol. The third-order valence-corrected chi connectivity index (χ3v) is 9.31. The van der Waals surface area contributed by atoms with Gasteiger partial charge in [0.15, 0.2) is 0 Å². The Labute approximate surface area is 186 Å². The molecule has 1 aromatic rings. The fourth-order valence-electron chi connectivity index (χ4n) is 8.23. The maximum atomic E-state index is 13.5. The summed E-state index contributed by atoms with van der Waals surface area (Å²) in [7, 11) is 0. The second kappa shape index (κ2) is 6.01. The van der Waals surface area contributed by atoms with E-state index in [1.807, 2.05) is 0 Å². The van der Waals surface area contributed by atoms with E-state index in [-0.39, 0.29) is 35.5 Å². The third kappa shape index (κ3) is 2.23. The number of benzene rings is 1. The molecule has 0 spiro atoms. The standard InChI is InChI=1S/C25H23Cl2NO2/c26-15-8-16(27)10-17(9-15)28-24(29)22-18-1-2-19(23(22)25(28)30)21(18)20-13-4-11-3-12(6-13)7-14(20)5-11/h1-2,8-14,18-19,22-23H,3-7H2/t11?,12?,13?,14?,18-,19-,22-,23-/m0/s1. The molecule has 0 aromatic heterocycles. The van der Waals surface area contributed by atoms with E-state index < -0.39 is 0 Å². The van der Waals surface area contributed by atoms with Crippen molar-refractivity contribution in [2.24, 2.45) is 47.3 Å². The fraction of sp³-hybridized carbons (Fsp3) is 0.520. The predicted octanol–water partition coefficient (Wildman–Crippen LogP) is 5.67. The molecule has 0 N–H and O–H groups in total. The molecule has 1 heterocycles. The van der Waals surface area contributed by atoms with Gasteiger partial charge in [0, 0.05) is 21.9 Å². The van der Waals surface area contributed by atoms with Gasteiger partial charge in [0.2, 0.25) is 11.8 Å². The second-order valence-electron chi connectivity index (χ2n) is 10.3. The first kappa shape index (κ1) is 18.0. The molecule has 0 unspecified atom stereocenters. The topological polar surface area (TPSA) is 37.4 Å². The van der Waals surface area contributed by atoms with Crippen molar-refractivity contribution in [1.82, 2.24) is 0 Å². The summed E-state index contributed by atoms with van der Waals surface area (Å²) >= 11 is 12.3. The quantitative estimate of drug-likeness (QED) is 0.417. The highest BCUT2D eigenvalue weighted by Crippen LogP contribution is 2.64. The Morgan fingerprint density at radius 2 is 1.20 bits per heavy atom. The maximum absolute atomic E-state index is 13.5. The van der Waals surface area contributed by atoms with Gasteiger partial charge in [-0.2, -0.15) is 0 Å². The summed E-state index contributed by atoms with van der Waals surface area (Å²) in [5, 5.41) is 0.875. The Hall–Kier alpha value is -1.58. The molecule has 1 saturated heterocycles. The second-order valence-corrected chi connectivity index (χ2v) is 11.2. The summed E-state index contributed by atoms with van der Waals surface area (Å²) in [5.74, 6) is 2.75. The zero-order valence-corrected chi connectivity index (χ0v) is 18.1. The van der Waals surface area contributed by atoms with Crippen LogP contribution in [0.1, 0.15) is 32.1 Å². The molecule has 8 rings (SSSR count). The van der Waals surface area contributed by atoms with Crippen LogP contribution in [0, 0.1) is 47.3 Å². The Balaban J connectivity index is 1.29. The maximum Gasteiger partial charge on any atom is 0.238 e. The first-order valence-electron chi connectivity index (χ1n) is 11.3. The van der Waals surface area contributed by atoms with Gasteiger partial charge in [-0.05, 0) is 74.0 Å². The normalized spacial score (nSPS) is 42.8. The molecule has 6 aliphatic carbocycles. The summed E-state index contributed by atoms with van der Waals surface area (Å²) in [6.45, 7) is 0. The summed E-state index contributed by atoms with van der Waals surface area (Å²) < 4.78 is 0. The summed E-state index contributed by atoms with van der Waals surface area (Å²) in [5.41, 5.74) is 3.62. The molecule has 1 aliphatic heterocycles. The monoisotopic (exact) mass is 439 g/mol. The molecule has 6 fully saturated rings. The van der Waals surface area contributed by atoms with Gasteiger partial charge < -0.3 is 0 Å². The number of amides is 2. The number of hydrogen-bond acceptors (Lipinski definition) is 2. The van der Waals surface area contributed by atoms with E-state index in [1.165, 1.54) is 42.6 Å². The molecule has 3 nitrogen and oxygen atoms in total. The summed E-state index contributed by atoms with van der Waals surface area (Å²) in [6.07, 6.45) is 11.2. The van der Waals surface area contributed by atoms with Crippen LogP contribution in [-0.2, 0) is 9.59 Å². The van der Waals surface area contributed by atoms with Crippen LogP contribution in [0.3, 0.4) is 0 Å². The van der Waals surface area contributed by atoms with Gasteiger partial charge in [0.05, 0.1) is 17.5 Å². The summed E-state index contributed by atoms with van der Waals surface area (Å²) in [4.78, 5) is 28.4. The number of imide groups is 1. The molecule has 4 atom stereocenters. The Morgan fingerprint density at radius 3 is 1.70 bits per heavy atom. The molecular formula is C25H23Cl2NO2. The Kier molecular flexibility index (Phi) is 3.61. The van der Waals surface area contributed by atoms with Crippen molar-refractivity contribution in [3.05, 3.63) is 51.5 Å². The third-order valence-electron chi connectivity index (χ3n) is 8.87. The first-order valence-corrected chi connectivity index (χ1v) is 12.0. The number of fused-ring (bicyclic) bond motifs is 5. The minimum Gasteiger partial charge on any atom is -0.274 e. The fourth-order valence-corrected chi connectivity index (χ4v) is 8.75. The lowest BCUT2D eigenvalue weighted by molar-refractivity contribution is -0.122. The van der Waals surface area contributed by atoms with Crippen molar-refractivity contribution >= 4 is 40.7 Å². The van der Waals surface area contributed by atoms with Gasteiger partial charge in [-0.1, -0.05) is 46.5 Å². The van der Waals surface area contributed by atoms with Crippen LogP contribution >= 0.6 is 23.2 Å². The first-order chi connectivity index (χ1) is 14.5. The number of rotatable bonds is 1. The van der Waals surface area contributed by atoms with Crippen molar-refractivity contribution in [3.63, 3.8) is 0 Å². The van der Waals surface area contributed by atoms with Gasteiger partial charge in [-0.25, -0.2) is 4.90 Å². The Bertz CT molecular complexity index is 989.